The van der Waals surface area contributed by atoms with Crippen LogP contribution in [0.3, 0.4) is 0 Å². The Morgan fingerprint density at radius 3 is 1.33 bits per heavy atom. The van der Waals surface area contributed by atoms with Crippen LogP contribution in [0.4, 0.5) is 4.79 Å². The van der Waals surface area contributed by atoms with Crippen LogP contribution in [0.15, 0.2) is 0 Å². The van der Waals surface area contributed by atoms with Gasteiger partial charge in [-0.15, -0.1) is 0 Å². The molecule has 0 saturated heterocycles. The SMILES string of the molecule is O=C(O)O.[SbH3].[Zr]. The average Bonchev–Trinajstić information content (AvgIpc) is 0.811. The van der Waals surface area contributed by atoms with Gasteiger partial charge in [0.05, 0.1) is 0 Å². The average molecular weight is 278 g/mol. The molecular weight excluding hydrogens is 273 g/mol. The molecule has 0 atom stereocenters. The van der Waals surface area contributed by atoms with Crippen LogP contribution in [-0.4, -0.2) is 40.8 Å². The van der Waals surface area contributed by atoms with Crippen LogP contribution in [-0.2, 0) is 26.2 Å². The van der Waals surface area contributed by atoms with E-state index in [1.807, 2.05) is 0 Å². The summed E-state index contributed by atoms with van der Waals surface area (Å²) in [6, 6.07) is 0. The fourth-order valence-electron chi connectivity index (χ4n) is 0. The smallest absolute Gasteiger partial charge is 0 e. The second-order valence-corrected chi connectivity index (χ2v) is 0.283. The van der Waals surface area contributed by atoms with Crippen molar-refractivity contribution in [3.63, 3.8) is 0 Å². The second-order valence-electron chi connectivity index (χ2n) is 0.283. The first kappa shape index (κ1) is 15.8. The zero-order valence-electron chi connectivity index (χ0n) is 3.01. The molecule has 6 heavy (non-hydrogen) atoms. The van der Waals surface area contributed by atoms with E-state index in [0.29, 0.717) is 0 Å². The normalized spacial score (nSPS) is 4.00. The van der Waals surface area contributed by atoms with Gasteiger partial charge in [-0.25, -0.2) is 4.79 Å². The molecule has 0 aromatic heterocycles. The Balaban J connectivity index is -0.0000000450. The van der Waals surface area contributed by atoms with E-state index >= 15 is 0 Å². The van der Waals surface area contributed by atoms with E-state index in [1.165, 1.54) is 0 Å². The molecule has 36 valence electrons. The summed E-state index contributed by atoms with van der Waals surface area (Å²) in [6.07, 6.45) is -1.83. The molecule has 0 saturated carbocycles. The van der Waals surface area contributed by atoms with E-state index in [0.717, 1.165) is 0 Å². The summed E-state index contributed by atoms with van der Waals surface area (Å²) in [7, 11) is 0. The Hall–Kier alpha value is 0.971. The van der Waals surface area contributed by atoms with Gasteiger partial charge >= 0.3 is 30.6 Å². The van der Waals surface area contributed by atoms with E-state index < -0.39 is 6.16 Å². The first-order chi connectivity index (χ1) is 1.73. The molecule has 0 aromatic carbocycles. The molecule has 0 aliphatic carbocycles. The topological polar surface area (TPSA) is 57.5 Å². The van der Waals surface area contributed by atoms with Gasteiger partial charge in [-0.3, -0.25) is 0 Å². The van der Waals surface area contributed by atoms with Crippen molar-refractivity contribution in [2.24, 2.45) is 0 Å². The van der Waals surface area contributed by atoms with Crippen molar-refractivity contribution in [1.29, 1.82) is 0 Å². The summed E-state index contributed by atoms with van der Waals surface area (Å²) in [5, 5.41) is 13.9. The molecule has 0 fully saturated rings. The number of carbonyl (C=O) groups is 1. The Morgan fingerprint density at radius 2 is 1.33 bits per heavy atom. The van der Waals surface area contributed by atoms with E-state index in [-0.39, 0.29) is 50.6 Å². The standard InChI is InChI=1S/CH2O3.Sb.Zr.3H/c2-1(3)4;;;;;/h(H2,2,3,4);;;;;. The third-order valence-corrected chi connectivity index (χ3v) is 0. The van der Waals surface area contributed by atoms with E-state index in [9.17, 15) is 0 Å². The number of carboxylic acid groups (broad SMARTS) is 2. The van der Waals surface area contributed by atoms with E-state index in [1.54, 1.807) is 0 Å². The minimum Gasteiger partial charge on any atom is 0 e. The van der Waals surface area contributed by atoms with Gasteiger partial charge in [-0.1, -0.05) is 0 Å². The molecule has 2 N–H and O–H groups in total. The van der Waals surface area contributed by atoms with Crippen molar-refractivity contribution in [3.8, 4) is 0 Å². The van der Waals surface area contributed by atoms with Crippen LogP contribution in [0.1, 0.15) is 0 Å². The predicted octanol–water partition coefficient (Wildman–Crippen LogP) is -0.964. The monoisotopic (exact) mass is 276 g/mol. The summed E-state index contributed by atoms with van der Waals surface area (Å²) in [4.78, 5) is 8.56. The Labute approximate surface area is 71.3 Å². The van der Waals surface area contributed by atoms with Crippen LogP contribution in [0.5, 0.6) is 0 Å². The van der Waals surface area contributed by atoms with Crippen LogP contribution in [0.2, 0.25) is 0 Å². The minimum atomic E-state index is -1.83. The quantitative estimate of drug-likeness (QED) is 0.561. The Bertz CT molecular complexity index is 33.8. The molecule has 0 radical (unpaired) electrons. The maximum atomic E-state index is 8.56. The molecule has 3 nitrogen and oxygen atoms in total. The van der Waals surface area contributed by atoms with Crippen molar-refractivity contribution in [1.82, 2.24) is 0 Å². The third-order valence-electron chi connectivity index (χ3n) is 0. The summed E-state index contributed by atoms with van der Waals surface area (Å²) in [6.45, 7) is 0. The molecule has 0 bridgehead atoms. The van der Waals surface area contributed by atoms with Crippen molar-refractivity contribution in [2.45, 2.75) is 0 Å². The first-order valence-electron chi connectivity index (χ1n) is 0.651. The summed E-state index contributed by atoms with van der Waals surface area (Å²) in [5.41, 5.74) is 0. The van der Waals surface area contributed by atoms with Gasteiger partial charge in [-0.05, 0) is 0 Å². The molecule has 0 aromatic rings. The predicted molar refractivity (Wildman–Crippen MR) is 20.6 cm³/mol. The summed E-state index contributed by atoms with van der Waals surface area (Å²) in [5.74, 6) is 0. The molecular formula is CH5O3SbZr. The van der Waals surface area contributed by atoms with Gasteiger partial charge in [0.1, 0.15) is 0 Å². The molecule has 5 heteroatoms. The van der Waals surface area contributed by atoms with E-state index in [2.05, 4.69) is 0 Å². The maximum Gasteiger partial charge on any atom is 0 e. The van der Waals surface area contributed by atoms with Crippen molar-refractivity contribution in [3.05, 3.63) is 0 Å². The van der Waals surface area contributed by atoms with Gasteiger partial charge in [0, 0.05) is 26.2 Å². The van der Waals surface area contributed by atoms with Gasteiger partial charge in [-0.2, -0.15) is 0 Å². The molecule has 0 rings (SSSR count). The Kier molecular flexibility index (Phi) is 24.6. The van der Waals surface area contributed by atoms with Crippen LogP contribution in [0.25, 0.3) is 0 Å². The molecule has 0 unspecified atom stereocenters. The molecule has 0 aliphatic heterocycles. The fraction of sp³-hybridized carbons (Fsp3) is 0. The summed E-state index contributed by atoms with van der Waals surface area (Å²) < 4.78 is 0. The van der Waals surface area contributed by atoms with Crippen molar-refractivity contribution in [2.75, 3.05) is 0 Å². The number of hydrogen-bond donors (Lipinski definition) is 2. The molecule has 0 heterocycles. The van der Waals surface area contributed by atoms with Gasteiger partial charge in [0.15, 0.2) is 0 Å². The Morgan fingerprint density at radius 1 is 1.33 bits per heavy atom. The van der Waals surface area contributed by atoms with Crippen LogP contribution in [0, 0.1) is 0 Å². The maximum absolute atomic E-state index is 8.56. The second kappa shape index (κ2) is 9.36. The molecule has 0 amide bonds. The fourth-order valence-corrected chi connectivity index (χ4v) is 0. The zero-order chi connectivity index (χ0) is 3.58. The third kappa shape index (κ3) is 83.1. The van der Waals surface area contributed by atoms with Crippen molar-refractivity contribution < 1.29 is 41.2 Å². The first-order valence-corrected chi connectivity index (χ1v) is 0.651. The molecule has 0 aliphatic rings. The van der Waals surface area contributed by atoms with Gasteiger partial charge in [0.25, 0.3) is 0 Å². The van der Waals surface area contributed by atoms with E-state index in [4.69, 9.17) is 15.0 Å². The summed E-state index contributed by atoms with van der Waals surface area (Å²) >= 11 is 0. The van der Waals surface area contributed by atoms with Gasteiger partial charge in [0.2, 0.25) is 0 Å². The van der Waals surface area contributed by atoms with Crippen LogP contribution < -0.4 is 0 Å². The zero-order valence-corrected chi connectivity index (χ0v) is 9.50. The van der Waals surface area contributed by atoms with Crippen molar-refractivity contribution >= 4 is 30.6 Å². The van der Waals surface area contributed by atoms with Gasteiger partial charge < -0.3 is 10.2 Å². The number of rotatable bonds is 0. The van der Waals surface area contributed by atoms with Crippen LogP contribution >= 0.6 is 0 Å². The number of hydrogen-bond acceptors (Lipinski definition) is 1. The largest absolute Gasteiger partial charge is 0 e. The minimum absolute atomic E-state index is 0. The molecule has 0 spiro atoms.